The molecular formula is C32H22N4O8S3. The summed E-state index contributed by atoms with van der Waals surface area (Å²) in [6, 6.07) is 25.6. The van der Waals surface area contributed by atoms with Crippen LogP contribution in [0.1, 0.15) is 12.8 Å². The van der Waals surface area contributed by atoms with Crippen LogP contribution in [0.25, 0.3) is 0 Å². The van der Waals surface area contributed by atoms with Crippen molar-refractivity contribution in [1.29, 1.82) is 0 Å². The second kappa shape index (κ2) is 13.4. The average molecular weight is 687 g/mol. The number of nitro groups is 2. The molecule has 2 heterocycles. The molecule has 2 aliphatic heterocycles. The van der Waals surface area contributed by atoms with E-state index in [4.69, 9.17) is 0 Å². The number of hydrogen-bond acceptors (Lipinski definition) is 11. The molecule has 12 nitrogen and oxygen atoms in total. The van der Waals surface area contributed by atoms with Crippen LogP contribution in [0.15, 0.2) is 117 Å². The number of nitrogens with zero attached hydrogens (tertiary/aromatic N) is 4. The van der Waals surface area contributed by atoms with Crippen LogP contribution in [-0.2, 0) is 19.2 Å². The van der Waals surface area contributed by atoms with E-state index in [1.54, 1.807) is 72.8 Å². The molecule has 0 radical (unpaired) electrons. The molecule has 15 heteroatoms. The number of thioether (sulfide) groups is 2. The lowest BCUT2D eigenvalue weighted by Crippen LogP contribution is -2.31. The lowest BCUT2D eigenvalue weighted by molar-refractivity contribution is -0.385. The zero-order valence-corrected chi connectivity index (χ0v) is 26.5. The Balaban J connectivity index is 1.06. The number of anilines is 2. The molecule has 2 aliphatic rings. The molecule has 236 valence electrons. The summed E-state index contributed by atoms with van der Waals surface area (Å²) in [4.78, 5) is 77.8. The molecule has 0 spiro atoms. The van der Waals surface area contributed by atoms with Gasteiger partial charge >= 0.3 is 0 Å². The van der Waals surface area contributed by atoms with Crippen LogP contribution < -0.4 is 9.80 Å². The van der Waals surface area contributed by atoms with Gasteiger partial charge in [-0.25, -0.2) is 9.80 Å². The maximum atomic E-state index is 13.1. The van der Waals surface area contributed by atoms with E-state index >= 15 is 0 Å². The fraction of sp³-hybridized carbons (Fsp3) is 0.125. The highest BCUT2D eigenvalue weighted by Crippen LogP contribution is 2.38. The van der Waals surface area contributed by atoms with Crippen LogP contribution in [0.5, 0.6) is 0 Å². The number of rotatable bonds is 10. The molecule has 2 atom stereocenters. The van der Waals surface area contributed by atoms with Crippen LogP contribution in [0.4, 0.5) is 22.7 Å². The smallest absolute Gasteiger partial charge is 0.269 e. The number of carbonyl (C=O) groups excluding carboxylic acids is 4. The van der Waals surface area contributed by atoms with Crippen LogP contribution in [0.3, 0.4) is 0 Å². The van der Waals surface area contributed by atoms with Crippen LogP contribution in [-0.4, -0.2) is 44.0 Å². The van der Waals surface area contributed by atoms with Gasteiger partial charge in [0.25, 0.3) is 11.4 Å². The Bertz CT molecular complexity index is 1760. The topological polar surface area (TPSA) is 161 Å². The summed E-state index contributed by atoms with van der Waals surface area (Å²) in [5.41, 5.74) is 0.778. The molecule has 0 bridgehead atoms. The standard InChI is InChI=1S/C32H22N4O8S3/c37-29-17-27(46-25-13-5-21(6-14-25)35(41)42)31(39)33(29)19-1-9-23(10-2-19)45-24-11-3-20(4-12-24)34-30(38)18-28(32(34)40)47-26-15-7-22(8-16-26)36(43)44/h1-16,27-28H,17-18H2/t27-,28-/m1/s1. The summed E-state index contributed by atoms with van der Waals surface area (Å²) < 4.78 is 0. The van der Waals surface area contributed by atoms with Crippen molar-refractivity contribution in [2.75, 3.05) is 9.80 Å². The first-order chi connectivity index (χ1) is 22.6. The number of imide groups is 2. The van der Waals surface area contributed by atoms with Gasteiger partial charge in [-0.1, -0.05) is 11.8 Å². The molecule has 0 N–H and O–H groups in total. The Morgan fingerprint density at radius 3 is 1.15 bits per heavy atom. The van der Waals surface area contributed by atoms with E-state index in [2.05, 4.69) is 0 Å². The summed E-state index contributed by atoms with van der Waals surface area (Å²) in [5.74, 6) is -1.36. The highest BCUT2D eigenvalue weighted by atomic mass is 32.2. The minimum Gasteiger partial charge on any atom is -0.274 e. The zero-order chi connectivity index (χ0) is 33.2. The third-order valence-corrected chi connectivity index (χ3v) is 10.7. The molecule has 2 fully saturated rings. The van der Waals surface area contributed by atoms with Gasteiger partial charge in [0.05, 0.1) is 31.7 Å². The Kier molecular flexibility index (Phi) is 9.11. The second-order valence-electron chi connectivity index (χ2n) is 10.3. The number of nitro benzene ring substituents is 2. The van der Waals surface area contributed by atoms with Crippen LogP contribution in [0, 0.1) is 20.2 Å². The van der Waals surface area contributed by atoms with Crippen molar-refractivity contribution < 1.29 is 29.0 Å². The lowest BCUT2D eigenvalue weighted by atomic mass is 10.3. The highest BCUT2D eigenvalue weighted by molar-refractivity contribution is 8.01. The Morgan fingerprint density at radius 1 is 0.511 bits per heavy atom. The van der Waals surface area contributed by atoms with Crippen molar-refractivity contribution in [1.82, 2.24) is 0 Å². The molecule has 4 aromatic rings. The number of carbonyl (C=O) groups is 4. The van der Waals surface area contributed by atoms with Gasteiger partial charge in [-0.3, -0.25) is 39.4 Å². The van der Waals surface area contributed by atoms with Gasteiger partial charge in [-0.2, -0.15) is 0 Å². The molecule has 4 amide bonds. The maximum absolute atomic E-state index is 13.1. The van der Waals surface area contributed by atoms with E-state index in [0.717, 1.165) is 19.6 Å². The monoisotopic (exact) mass is 686 g/mol. The SMILES string of the molecule is O=C1C[C@@H](Sc2ccc([N+](=O)[O-])cc2)C(=O)N1c1ccc(Sc2ccc(N3C(=O)C[C@@H](Sc4ccc([N+](=O)[O-])cc4)C3=O)cc2)cc1. The predicted molar refractivity (Wildman–Crippen MR) is 177 cm³/mol. The number of amides is 4. The zero-order valence-electron chi connectivity index (χ0n) is 24.1. The van der Waals surface area contributed by atoms with E-state index in [0.29, 0.717) is 21.2 Å². The third kappa shape index (κ3) is 6.91. The summed E-state index contributed by atoms with van der Waals surface area (Å²) in [5, 5.41) is 20.5. The molecule has 2 saturated heterocycles. The minimum atomic E-state index is -0.637. The Labute approximate surface area is 279 Å². The van der Waals surface area contributed by atoms with Gasteiger partial charge in [0.15, 0.2) is 0 Å². The Hall–Kier alpha value is -4.99. The first-order valence-electron chi connectivity index (χ1n) is 14.0. The van der Waals surface area contributed by atoms with Crippen LogP contribution in [0.2, 0.25) is 0 Å². The molecule has 4 aromatic carbocycles. The first kappa shape index (κ1) is 32.0. The van der Waals surface area contributed by atoms with Crippen molar-refractivity contribution >= 4 is 81.7 Å². The largest absolute Gasteiger partial charge is 0.274 e. The van der Waals surface area contributed by atoms with E-state index in [1.165, 1.54) is 59.6 Å². The summed E-state index contributed by atoms with van der Waals surface area (Å²) in [6.45, 7) is 0. The molecule has 0 aliphatic carbocycles. The van der Waals surface area contributed by atoms with Gasteiger partial charge in [0, 0.05) is 56.7 Å². The normalized spacial score (nSPS) is 17.9. The van der Waals surface area contributed by atoms with Gasteiger partial charge in [0.2, 0.25) is 23.6 Å². The van der Waals surface area contributed by atoms with Crippen molar-refractivity contribution in [3.8, 4) is 0 Å². The molecule has 47 heavy (non-hydrogen) atoms. The number of benzene rings is 4. The van der Waals surface area contributed by atoms with Crippen LogP contribution >= 0.6 is 35.3 Å². The van der Waals surface area contributed by atoms with Crippen molar-refractivity contribution in [2.45, 2.75) is 42.9 Å². The fourth-order valence-electron chi connectivity index (χ4n) is 5.02. The quantitative estimate of drug-likeness (QED) is 0.102. The summed E-state index contributed by atoms with van der Waals surface area (Å²) in [6.07, 6.45) is 0.0314. The minimum absolute atomic E-state index is 0.0157. The van der Waals surface area contributed by atoms with E-state index in [9.17, 15) is 39.4 Å². The predicted octanol–water partition coefficient (Wildman–Crippen LogP) is 6.50. The van der Waals surface area contributed by atoms with Gasteiger partial charge in [-0.15, -0.1) is 23.5 Å². The van der Waals surface area contributed by atoms with E-state index in [-0.39, 0.29) is 47.8 Å². The van der Waals surface area contributed by atoms with E-state index < -0.39 is 20.3 Å². The van der Waals surface area contributed by atoms with Crippen molar-refractivity contribution in [3.05, 3.63) is 117 Å². The molecule has 0 unspecified atom stereocenters. The average Bonchev–Trinajstić information content (AvgIpc) is 3.50. The Morgan fingerprint density at radius 2 is 0.830 bits per heavy atom. The maximum Gasteiger partial charge on any atom is 0.269 e. The van der Waals surface area contributed by atoms with Gasteiger partial charge < -0.3 is 0 Å². The molecular weight excluding hydrogens is 665 g/mol. The number of hydrogen-bond donors (Lipinski definition) is 0. The van der Waals surface area contributed by atoms with Crippen molar-refractivity contribution in [2.24, 2.45) is 0 Å². The highest BCUT2D eigenvalue weighted by Gasteiger charge is 2.41. The number of non-ortho nitro benzene ring substituents is 2. The van der Waals surface area contributed by atoms with Gasteiger partial charge in [-0.05, 0) is 72.8 Å². The summed E-state index contributed by atoms with van der Waals surface area (Å²) in [7, 11) is 0. The molecule has 0 saturated carbocycles. The van der Waals surface area contributed by atoms with Crippen molar-refractivity contribution in [3.63, 3.8) is 0 Å². The fourth-order valence-corrected chi connectivity index (χ4v) is 7.94. The molecule has 0 aromatic heterocycles. The van der Waals surface area contributed by atoms with Gasteiger partial charge in [0.1, 0.15) is 0 Å². The second-order valence-corrected chi connectivity index (χ2v) is 14.0. The molecule has 6 rings (SSSR count). The van der Waals surface area contributed by atoms with E-state index in [1.807, 2.05) is 0 Å². The lowest BCUT2D eigenvalue weighted by Gasteiger charge is -2.16. The third-order valence-electron chi connectivity index (χ3n) is 7.29. The first-order valence-corrected chi connectivity index (χ1v) is 16.6. The summed E-state index contributed by atoms with van der Waals surface area (Å²) >= 11 is 3.81.